The highest BCUT2D eigenvalue weighted by Crippen LogP contribution is 2.36. The molecule has 0 saturated heterocycles. The Hall–Kier alpha value is -1.79. The summed E-state index contributed by atoms with van der Waals surface area (Å²) in [7, 11) is 0. The highest BCUT2D eigenvalue weighted by atomic mass is 35.5. The van der Waals surface area contributed by atoms with Gasteiger partial charge in [0.05, 0.1) is 29.1 Å². The molecule has 1 saturated carbocycles. The van der Waals surface area contributed by atoms with E-state index in [0.717, 1.165) is 35.7 Å². The number of ketones is 1. The molecule has 2 aliphatic heterocycles. The summed E-state index contributed by atoms with van der Waals surface area (Å²) in [5, 5.41) is 11.9. The van der Waals surface area contributed by atoms with E-state index in [1.54, 1.807) is 18.0 Å². The number of halogens is 2. The lowest BCUT2D eigenvalue weighted by atomic mass is 9.84. The third-order valence-corrected chi connectivity index (χ3v) is 5.72. The SMILES string of the molecule is CC(=O)C1=C2C=CC=C(CO)N2NC1.CC1CC(Oc2cccc(Cl)c2Cl)C1. The number of allylic oxidation sites excluding steroid dienone is 3. The van der Waals surface area contributed by atoms with E-state index < -0.39 is 0 Å². The fraction of sp³-hybridized carbons (Fsp3) is 0.381. The van der Waals surface area contributed by atoms with Crippen LogP contribution in [0.5, 0.6) is 5.75 Å². The lowest BCUT2D eigenvalue weighted by Gasteiger charge is -2.33. The first-order chi connectivity index (χ1) is 13.4. The molecule has 5 nitrogen and oxygen atoms in total. The molecule has 1 aromatic carbocycles. The normalized spacial score (nSPS) is 22.8. The van der Waals surface area contributed by atoms with Crippen LogP contribution < -0.4 is 10.2 Å². The molecule has 7 heteroatoms. The molecule has 3 aliphatic rings. The molecular weight excluding hydrogens is 399 g/mol. The molecule has 0 spiro atoms. The number of ether oxygens (including phenoxy) is 1. The van der Waals surface area contributed by atoms with Crippen LogP contribution in [0.25, 0.3) is 0 Å². The lowest BCUT2D eigenvalue weighted by molar-refractivity contribution is -0.113. The van der Waals surface area contributed by atoms with Gasteiger partial charge in [-0.1, -0.05) is 42.3 Å². The molecule has 2 N–H and O–H groups in total. The van der Waals surface area contributed by atoms with Crippen LogP contribution in [0.2, 0.25) is 10.0 Å². The summed E-state index contributed by atoms with van der Waals surface area (Å²) < 4.78 is 5.72. The summed E-state index contributed by atoms with van der Waals surface area (Å²) in [6, 6.07) is 5.48. The monoisotopic (exact) mass is 422 g/mol. The number of carbonyl (C=O) groups is 1. The number of Topliss-reactive ketones (excluding diaryl/α,β-unsaturated/α-hetero) is 1. The van der Waals surface area contributed by atoms with Gasteiger partial charge in [0.1, 0.15) is 10.8 Å². The van der Waals surface area contributed by atoms with E-state index in [-0.39, 0.29) is 12.4 Å². The maximum Gasteiger partial charge on any atom is 0.159 e. The minimum Gasteiger partial charge on any atom is -0.489 e. The molecule has 0 aromatic heterocycles. The van der Waals surface area contributed by atoms with Crippen molar-refractivity contribution in [2.45, 2.75) is 32.8 Å². The Labute approximate surface area is 175 Å². The van der Waals surface area contributed by atoms with Crippen molar-refractivity contribution in [3.8, 4) is 5.75 Å². The van der Waals surface area contributed by atoms with Crippen LogP contribution in [-0.4, -0.2) is 35.2 Å². The summed E-state index contributed by atoms with van der Waals surface area (Å²) in [5.74, 6) is 1.55. The van der Waals surface area contributed by atoms with Crippen LogP contribution in [0, 0.1) is 5.92 Å². The smallest absolute Gasteiger partial charge is 0.159 e. The minimum absolute atomic E-state index is 0.0357. The first-order valence-corrected chi connectivity index (χ1v) is 10.0. The Balaban J connectivity index is 0.000000161. The van der Waals surface area contributed by atoms with Gasteiger partial charge in [0.2, 0.25) is 0 Å². The molecule has 0 unspecified atom stereocenters. The zero-order chi connectivity index (χ0) is 20.3. The first kappa shape index (κ1) is 20.9. The number of hydrogen-bond donors (Lipinski definition) is 2. The van der Waals surface area contributed by atoms with Crippen molar-refractivity contribution < 1.29 is 14.6 Å². The van der Waals surface area contributed by atoms with Gasteiger partial charge in [0.15, 0.2) is 5.78 Å². The van der Waals surface area contributed by atoms with Crippen LogP contribution in [0.3, 0.4) is 0 Å². The second-order valence-corrected chi connectivity index (χ2v) is 7.92. The van der Waals surface area contributed by atoms with Crippen molar-refractivity contribution in [2.75, 3.05) is 13.2 Å². The fourth-order valence-corrected chi connectivity index (χ4v) is 3.67. The number of fused-ring (bicyclic) bond motifs is 1. The van der Waals surface area contributed by atoms with E-state index in [9.17, 15) is 4.79 Å². The van der Waals surface area contributed by atoms with Gasteiger partial charge >= 0.3 is 0 Å². The number of rotatable bonds is 4. The van der Waals surface area contributed by atoms with Crippen LogP contribution in [-0.2, 0) is 4.79 Å². The van der Waals surface area contributed by atoms with E-state index >= 15 is 0 Å². The van der Waals surface area contributed by atoms with Crippen molar-refractivity contribution in [1.29, 1.82) is 0 Å². The summed E-state index contributed by atoms with van der Waals surface area (Å²) >= 11 is 11.9. The Morgan fingerprint density at radius 3 is 2.75 bits per heavy atom. The number of hydrogen-bond acceptors (Lipinski definition) is 5. The van der Waals surface area contributed by atoms with E-state index in [1.165, 1.54) is 0 Å². The van der Waals surface area contributed by atoms with E-state index in [2.05, 4.69) is 12.3 Å². The van der Waals surface area contributed by atoms with Gasteiger partial charge in [-0.2, -0.15) is 0 Å². The number of benzene rings is 1. The minimum atomic E-state index is -0.0357. The lowest BCUT2D eigenvalue weighted by Crippen LogP contribution is -2.33. The number of nitrogens with one attached hydrogen (secondary N) is 1. The first-order valence-electron chi connectivity index (χ1n) is 9.27. The van der Waals surface area contributed by atoms with Crippen LogP contribution in [0.15, 0.2) is 53.4 Å². The van der Waals surface area contributed by atoms with Crippen LogP contribution in [0.4, 0.5) is 0 Å². The standard InChI is InChI=1S/C11H12Cl2O.C10H12N2O2/c1-7-5-8(6-7)14-10-4-2-3-9(12)11(10)13;1-7(14)9-5-11-12-8(6-13)3-2-4-10(9)12/h2-4,7-8H,5-6H2,1H3;2-4,11,13H,5-6H2,1H3. The van der Waals surface area contributed by atoms with Gasteiger partial charge < -0.3 is 9.84 Å². The van der Waals surface area contributed by atoms with Crippen LogP contribution in [0.1, 0.15) is 26.7 Å². The Morgan fingerprint density at radius 2 is 2.11 bits per heavy atom. The second kappa shape index (κ2) is 9.14. The highest BCUT2D eigenvalue weighted by molar-refractivity contribution is 6.42. The van der Waals surface area contributed by atoms with Gasteiger partial charge in [0.25, 0.3) is 0 Å². The van der Waals surface area contributed by atoms with E-state index in [0.29, 0.717) is 28.4 Å². The van der Waals surface area contributed by atoms with Crippen molar-refractivity contribution in [3.63, 3.8) is 0 Å². The van der Waals surface area contributed by atoms with E-state index in [4.69, 9.17) is 33.0 Å². The van der Waals surface area contributed by atoms with Crippen molar-refractivity contribution in [1.82, 2.24) is 10.4 Å². The number of aliphatic hydroxyl groups excluding tert-OH is 1. The maximum absolute atomic E-state index is 11.3. The van der Waals surface area contributed by atoms with Crippen molar-refractivity contribution in [3.05, 3.63) is 63.4 Å². The third-order valence-electron chi connectivity index (χ3n) is 4.92. The summed E-state index contributed by atoms with van der Waals surface area (Å²) in [6.07, 6.45) is 8.08. The third kappa shape index (κ3) is 4.61. The summed E-state index contributed by atoms with van der Waals surface area (Å²) in [4.78, 5) is 11.3. The van der Waals surface area contributed by atoms with Crippen molar-refractivity contribution in [2.24, 2.45) is 5.92 Å². The zero-order valence-corrected chi connectivity index (χ0v) is 17.4. The predicted octanol–water partition coefficient (Wildman–Crippen LogP) is 4.27. The molecular formula is C21H24Cl2N2O3. The fourth-order valence-electron chi connectivity index (χ4n) is 3.33. The molecule has 1 fully saturated rings. The molecule has 0 radical (unpaired) electrons. The second-order valence-electron chi connectivity index (χ2n) is 7.13. The molecule has 28 heavy (non-hydrogen) atoms. The Morgan fingerprint density at radius 1 is 1.36 bits per heavy atom. The number of hydrazine groups is 1. The van der Waals surface area contributed by atoms with Gasteiger partial charge in [-0.3, -0.25) is 9.80 Å². The number of nitrogens with zero attached hydrogens (tertiary/aromatic N) is 1. The Bertz CT molecular complexity index is 842. The summed E-state index contributed by atoms with van der Waals surface area (Å²) in [6.45, 7) is 4.27. The molecule has 1 aromatic rings. The maximum atomic E-state index is 11.3. The average molecular weight is 423 g/mol. The topological polar surface area (TPSA) is 61.8 Å². The predicted molar refractivity (Wildman–Crippen MR) is 111 cm³/mol. The molecule has 4 rings (SSSR count). The largest absolute Gasteiger partial charge is 0.489 e. The summed E-state index contributed by atoms with van der Waals surface area (Å²) in [5.41, 5.74) is 5.43. The average Bonchev–Trinajstić information content (AvgIpc) is 3.09. The Kier molecular flexibility index (Phi) is 6.83. The quantitative estimate of drug-likeness (QED) is 0.758. The van der Waals surface area contributed by atoms with Gasteiger partial charge in [0, 0.05) is 12.1 Å². The van der Waals surface area contributed by atoms with E-state index in [1.807, 2.05) is 30.4 Å². The molecule has 150 valence electrons. The molecule has 0 amide bonds. The molecule has 2 heterocycles. The zero-order valence-electron chi connectivity index (χ0n) is 15.9. The number of carbonyl (C=O) groups excluding carboxylic acids is 1. The van der Waals surface area contributed by atoms with Crippen molar-refractivity contribution >= 4 is 29.0 Å². The van der Waals surface area contributed by atoms with Crippen LogP contribution >= 0.6 is 23.2 Å². The van der Waals surface area contributed by atoms with Gasteiger partial charge in [-0.15, -0.1) is 0 Å². The number of aliphatic hydroxyl groups is 1. The molecule has 1 aliphatic carbocycles. The molecule has 0 atom stereocenters. The molecule has 0 bridgehead atoms. The van der Waals surface area contributed by atoms with Gasteiger partial charge in [-0.05, 0) is 50.0 Å². The van der Waals surface area contributed by atoms with Gasteiger partial charge in [-0.25, -0.2) is 5.43 Å². The highest BCUT2D eigenvalue weighted by Gasteiger charge is 2.28.